The normalized spacial score (nSPS) is 13.3. The number of rotatable bonds is 8. The molecule has 0 spiro atoms. The van der Waals surface area contributed by atoms with Crippen LogP contribution in [0, 0.1) is 5.41 Å². The van der Waals surface area contributed by atoms with Crippen LogP contribution >= 0.6 is 0 Å². The van der Waals surface area contributed by atoms with Gasteiger partial charge in [0.25, 0.3) is 0 Å². The molecule has 0 radical (unpaired) electrons. The predicted octanol–water partition coefficient (Wildman–Crippen LogP) is 2.84. The highest BCUT2D eigenvalue weighted by Crippen LogP contribution is 2.30. The van der Waals surface area contributed by atoms with E-state index in [0.717, 1.165) is 12.1 Å². The number of hydrogen-bond acceptors (Lipinski definition) is 6. The van der Waals surface area contributed by atoms with Crippen LogP contribution in [-0.4, -0.2) is 29.4 Å². The van der Waals surface area contributed by atoms with Gasteiger partial charge >= 0.3 is 6.18 Å². The maximum Gasteiger partial charge on any atom is 0.416 e. The summed E-state index contributed by atoms with van der Waals surface area (Å²) in [7, 11) is 0. The first-order valence-electron chi connectivity index (χ1n) is 7.96. The number of hydrogen-bond donors (Lipinski definition) is 3. The smallest absolute Gasteiger partial charge is 0.416 e. The first-order chi connectivity index (χ1) is 12.2. The average molecular weight is 369 g/mol. The molecule has 142 valence electrons. The van der Waals surface area contributed by atoms with Crippen molar-refractivity contribution in [3.63, 3.8) is 0 Å². The second-order valence-corrected chi connectivity index (χ2v) is 6.61. The van der Waals surface area contributed by atoms with Gasteiger partial charge in [-0.15, -0.1) is 0 Å². The Morgan fingerprint density at radius 1 is 1.12 bits per heavy atom. The summed E-state index contributed by atoms with van der Waals surface area (Å²) >= 11 is 0. The van der Waals surface area contributed by atoms with Crippen molar-refractivity contribution in [3.05, 3.63) is 48.5 Å². The molecule has 6 nitrogen and oxygen atoms in total. The molecular formula is C17H22F3N5O. The molecule has 0 amide bonds. The van der Waals surface area contributed by atoms with Crippen LogP contribution in [0.25, 0.3) is 0 Å². The Morgan fingerprint density at radius 2 is 1.73 bits per heavy atom. The zero-order valence-corrected chi connectivity index (χ0v) is 14.5. The second kappa shape index (κ2) is 8.33. The summed E-state index contributed by atoms with van der Waals surface area (Å²) in [4.78, 5) is 7.77. The Bertz CT molecular complexity index is 677. The van der Waals surface area contributed by atoms with Crippen LogP contribution < -0.4 is 21.1 Å². The van der Waals surface area contributed by atoms with Crippen molar-refractivity contribution in [1.82, 2.24) is 15.3 Å². The fourth-order valence-electron chi connectivity index (χ4n) is 2.06. The third-order valence-corrected chi connectivity index (χ3v) is 3.49. The van der Waals surface area contributed by atoms with Gasteiger partial charge in [0.15, 0.2) is 0 Å². The fourth-order valence-corrected chi connectivity index (χ4v) is 2.06. The molecule has 1 aromatic heterocycles. The Morgan fingerprint density at radius 3 is 2.31 bits per heavy atom. The number of nitrogens with one attached hydrogen (secondary N) is 2. The van der Waals surface area contributed by atoms with Crippen molar-refractivity contribution in [2.24, 2.45) is 11.1 Å². The van der Waals surface area contributed by atoms with Gasteiger partial charge in [0.1, 0.15) is 18.4 Å². The number of halogens is 3. The molecule has 2 rings (SSSR count). The summed E-state index contributed by atoms with van der Waals surface area (Å²) in [5, 5.41) is 6.12. The van der Waals surface area contributed by atoms with Crippen LogP contribution in [0.3, 0.4) is 0 Å². The van der Waals surface area contributed by atoms with E-state index < -0.39 is 18.0 Å². The van der Waals surface area contributed by atoms with Crippen molar-refractivity contribution >= 4 is 5.69 Å². The zero-order chi connectivity index (χ0) is 19.2. The lowest BCUT2D eigenvalue weighted by Crippen LogP contribution is -2.48. The average Bonchev–Trinajstić information content (AvgIpc) is 2.59. The Labute approximate surface area is 150 Å². The fraction of sp³-hybridized carbons (Fsp3) is 0.412. The predicted molar refractivity (Wildman–Crippen MR) is 92.4 cm³/mol. The highest BCUT2D eigenvalue weighted by atomic mass is 19.4. The van der Waals surface area contributed by atoms with Gasteiger partial charge in [-0.05, 0) is 24.3 Å². The van der Waals surface area contributed by atoms with Crippen molar-refractivity contribution in [2.75, 3.05) is 18.5 Å². The minimum atomic E-state index is -4.35. The van der Waals surface area contributed by atoms with E-state index in [1.54, 1.807) is 12.4 Å². The van der Waals surface area contributed by atoms with E-state index in [9.17, 15) is 13.2 Å². The van der Waals surface area contributed by atoms with Crippen molar-refractivity contribution in [3.8, 4) is 5.75 Å². The summed E-state index contributed by atoms with van der Waals surface area (Å²) < 4.78 is 43.3. The SMILES string of the molecule is CC(C)(CNC(N)Nc1cncnc1)COc1ccc(C(F)(F)F)cc1. The van der Waals surface area contributed by atoms with E-state index in [4.69, 9.17) is 10.5 Å². The van der Waals surface area contributed by atoms with Crippen LogP contribution in [0.5, 0.6) is 5.75 Å². The van der Waals surface area contributed by atoms with Crippen molar-refractivity contribution in [2.45, 2.75) is 26.3 Å². The van der Waals surface area contributed by atoms with Gasteiger partial charge in [-0.25, -0.2) is 9.97 Å². The van der Waals surface area contributed by atoms with Crippen LogP contribution in [-0.2, 0) is 6.18 Å². The number of ether oxygens (including phenoxy) is 1. The standard InChI is InChI=1S/C17H22F3N5O/c1-16(2,9-24-15(21)25-13-7-22-11-23-8-13)10-26-14-5-3-12(4-6-14)17(18,19)20/h3-8,11,15,24-25H,9-10,21H2,1-2H3. The van der Waals surface area contributed by atoms with E-state index in [1.807, 2.05) is 13.8 Å². The van der Waals surface area contributed by atoms with Gasteiger partial charge in [0.2, 0.25) is 0 Å². The molecule has 0 aliphatic heterocycles. The first kappa shape index (κ1) is 19.9. The molecule has 0 aliphatic rings. The topological polar surface area (TPSA) is 85.1 Å². The van der Waals surface area contributed by atoms with Gasteiger partial charge in [-0.3, -0.25) is 11.1 Å². The third kappa shape index (κ3) is 6.49. The van der Waals surface area contributed by atoms with E-state index in [0.29, 0.717) is 24.6 Å². The summed E-state index contributed by atoms with van der Waals surface area (Å²) in [6.45, 7) is 4.76. The lowest BCUT2D eigenvalue weighted by molar-refractivity contribution is -0.137. The molecular weight excluding hydrogens is 347 g/mol. The van der Waals surface area contributed by atoms with Gasteiger partial charge in [-0.2, -0.15) is 13.2 Å². The molecule has 1 atom stereocenters. The summed E-state index contributed by atoms with van der Waals surface area (Å²) in [6, 6.07) is 4.63. The molecule has 0 fully saturated rings. The van der Waals surface area contributed by atoms with E-state index >= 15 is 0 Å². The Hall–Kier alpha value is -2.39. The summed E-state index contributed by atoms with van der Waals surface area (Å²) in [6.07, 6.45) is -0.229. The van der Waals surface area contributed by atoms with E-state index in [1.165, 1.54) is 18.5 Å². The Kier molecular flexibility index (Phi) is 6.38. The number of alkyl halides is 3. The molecule has 9 heteroatoms. The number of nitrogens with two attached hydrogens (primary N) is 1. The summed E-state index contributed by atoms with van der Waals surface area (Å²) in [5.74, 6) is 0.384. The summed E-state index contributed by atoms with van der Waals surface area (Å²) in [5.41, 5.74) is 5.64. The third-order valence-electron chi connectivity index (χ3n) is 3.49. The van der Waals surface area contributed by atoms with E-state index in [-0.39, 0.29) is 5.41 Å². The number of nitrogens with zero attached hydrogens (tertiary/aromatic N) is 2. The van der Waals surface area contributed by atoms with Gasteiger partial charge in [0, 0.05) is 12.0 Å². The first-order valence-corrected chi connectivity index (χ1v) is 7.96. The minimum Gasteiger partial charge on any atom is -0.493 e. The second-order valence-electron chi connectivity index (χ2n) is 6.61. The van der Waals surface area contributed by atoms with Crippen LogP contribution in [0.2, 0.25) is 0 Å². The largest absolute Gasteiger partial charge is 0.493 e. The van der Waals surface area contributed by atoms with E-state index in [2.05, 4.69) is 20.6 Å². The highest BCUT2D eigenvalue weighted by molar-refractivity contribution is 5.37. The highest BCUT2D eigenvalue weighted by Gasteiger charge is 2.30. The molecule has 0 saturated carbocycles. The Balaban J connectivity index is 1.79. The minimum absolute atomic E-state index is 0.296. The molecule has 0 bridgehead atoms. The van der Waals surface area contributed by atoms with Gasteiger partial charge in [-0.1, -0.05) is 13.8 Å². The molecule has 0 aliphatic carbocycles. The lowest BCUT2D eigenvalue weighted by Gasteiger charge is -2.27. The lowest BCUT2D eigenvalue weighted by atomic mass is 9.95. The molecule has 1 aromatic carbocycles. The molecule has 0 saturated heterocycles. The number of aromatic nitrogens is 2. The number of benzene rings is 1. The van der Waals surface area contributed by atoms with Gasteiger partial charge in [0.05, 0.1) is 30.3 Å². The number of anilines is 1. The molecule has 2 aromatic rings. The molecule has 1 heterocycles. The van der Waals surface area contributed by atoms with Crippen molar-refractivity contribution < 1.29 is 17.9 Å². The van der Waals surface area contributed by atoms with Crippen molar-refractivity contribution in [1.29, 1.82) is 0 Å². The van der Waals surface area contributed by atoms with Gasteiger partial charge < -0.3 is 10.1 Å². The quantitative estimate of drug-likeness (QED) is 0.621. The maximum absolute atomic E-state index is 12.6. The van der Waals surface area contributed by atoms with Crippen LogP contribution in [0.15, 0.2) is 43.0 Å². The molecule has 1 unspecified atom stereocenters. The maximum atomic E-state index is 12.6. The monoisotopic (exact) mass is 369 g/mol. The van der Waals surface area contributed by atoms with Crippen LogP contribution in [0.4, 0.5) is 18.9 Å². The van der Waals surface area contributed by atoms with Crippen LogP contribution in [0.1, 0.15) is 19.4 Å². The molecule has 26 heavy (non-hydrogen) atoms. The molecule has 4 N–H and O–H groups in total. The zero-order valence-electron chi connectivity index (χ0n) is 14.5.